The molecule has 0 spiro atoms. The number of nitrogens with zero attached hydrogens (tertiary/aromatic N) is 2. The summed E-state index contributed by atoms with van der Waals surface area (Å²) in [6, 6.07) is 4.41. The number of amides is 1. The van der Waals surface area contributed by atoms with Crippen LogP contribution < -0.4 is 5.32 Å². The number of aryl methyl sites for hydroxylation is 1. The zero-order valence-corrected chi connectivity index (χ0v) is 13.0. The SMILES string of the molecule is CC(C)CNC(=O)CCn1c(CCl)nc2ccc(F)cc21. The van der Waals surface area contributed by atoms with E-state index in [9.17, 15) is 9.18 Å². The molecular formula is C15H19ClFN3O. The number of alkyl halides is 1. The molecule has 0 saturated heterocycles. The third kappa shape index (κ3) is 3.94. The summed E-state index contributed by atoms with van der Waals surface area (Å²) in [7, 11) is 0. The second kappa shape index (κ2) is 6.89. The Morgan fingerprint density at radius 3 is 2.90 bits per heavy atom. The van der Waals surface area contributed by atoms with Gasteiger partial charge in [-0.3, -0.25) is 4.79 Å². The average Bonchev–Trinajstić information content (AvgIpc) is 2.79. The van der Waals surface area contributed by atoms with Crippen LogP contribution in [0.5, 0.6) is 0 Å². The number of nitrogens with one attached hydrogen (secondary N) is 1. The molecule has 1 amide bonds. The molecule has 0 saturated carbocycles. The number of carbonyl (C=O) groups is 1. The van der Waals surface area contributed by atoms with Gasteiger partial charge in [0.05, 0.1) is 16.9 Å². The van der Waals surface area contributed by atoms with Crippen LogP contribution in [0.2, 0.25) is 0 Å². The van der Waals surface area contributed by atoms with E-state index in [2.05, 4.69) is 10.3 Å². The molecule has 0 atom stereocenters. The molecule has 2 aromatic rings. The normalized spacial score (nSPS) is 11.3. The molecule has 1 aromatic carbocycles. The van der Waals surface area contributed by atoms with Crippen LogP contribution in [-0.4, -0.2) is 22.0 Å². The molecule has 4 nitrogen and oxygen atoms in total. The summed E-state index contributed by atoms with van der Waals surface area (Å²) >= 11 is 5.88. The molecular weight excluding hydrogens is 293 g/mol. The summed E-state index contributed by atoms with van der Waals surface area (Å²) in [4.78, 5) is 16.2. The van der Waals surface area contributed by atoms with Crippen LogP contribution in [0.15, 0.2) is 18.2 Å². The quantitative estimate of drug-likeness (QED) is 0.833. The molecule has 0 bridgehead atoms. The van der Waals surface area contributed by atoms with Crippen LogP contribution in [0.1, 0.15) is 26.1 Å². The Kier molecular flexibility index (Phi) is 5.17. The number of carbonyl (C=O) groups excluding carboxylic acids is 1. The Morgan fingerprint density at radius 1 is 1.48 bits per heavy atom. The second-order valence-corrected chi connectivity index (χ2v) is 5.66. The van der Waals surface area contributed by atoms with Crippen molar-refractivity contribution in [2.75, 3.05) is 6.54 Å². The highest BCUT2D eigenvalue weighted by atomic mass is 35.5. The van der Waals surface area contributed by atoms with Gasteiger partial charge in [0.25, 0.3) is 0 Å². The van der Waals surface area contributed by atoms with Crippen molar-refractivity contribution in [3.63, 3.8) is 0 Å². The van der Waals surface area contributed by atoms with E-state index < -0.39 is 0 Å². The number of halogens is 2. The Morgan fingerprint density at radius 2 is 2.24 bits per heavy atom. The van der Waals surface area contributed by atoms with E-state index in [0.29, 0.717) is 42.3 Å². The minimum Gasteiger partial charge on any atom is -0.356 e. The molecule has 0 aliphatic heterocycles. The third-order valence-electron chi connectivity index (χ3n) is 3.18. The first-order valence-corrected chi connectivity index (χ1v) is 7.52. The fourth-order valence-electron chi connectivity index (χ4n) is 2.12. The van der Waals surface area contributed by atoms with Crippen molar-refractivity contribution in [3.05, 3.63) is 29.8 Å². The first-order chi connectivity index (χ1) is 10.0. The fourth-order valence-corrected chi connectivity index (χ4v) is 2.32. The van der Waals surface area contributed by atoms with E-state index in [4.69, 9.17) is 11.6 Å². The van der Waals surface area contributed by atoms with Gasteiger partial charge >= 0.3 is 0 Å². The van der Waals surface area contributed by atoms with Gasteiger partial charge in [-0.05, 0) is 24.1 Å². The van der Waals surface area contributed by atoms with Crippen molar-refractivity contribution in [1.29, 1.82) is 0 Å². The Labute approximate surface area is 128 Å². The molecule has 21 heavy (non-hydrogen) atoms. The molecule has 114 valence electrons. The van der Waals surface area contributed by atoms with Crippen molar-refractivity contribution in [2.45, 2.75) is 32.7 Å². The minimum absolute atomic E-state index is 0.0255. The smallest absolute Gasteiger partial charge is 0.221 e. The van der Waals surface area contributed by atoms with Gasteiger partial charge < -0.3 is 9.88 Å². The Hall–Kier alpha value is -1.62. The van der Waals surface area contributed by atoms with Crippen molar-refractivity contribution >= 4 is 28.5 Å². The average molecular weight is 312 g/mol. The molecule has 0 aliphatic rings. The van der Waals surface area contributed by atoms with Crippen molar-refractivity contribution in [3.8, 4) is 0 Å². The summed E-state index contributed by atoms with van der Waals surface area (Å²) in [6.45, 7) is 5.17. The molecule has 0 fully saturated rings. The van der Waals surface area contributed by atoms with Gasteiger partial charge in [0.1, 0.15) is 11.6 Å². The number of imidazole rings is 1. The van der Waals surface area contributed by atoms with Crippen LogP contribution in [0.25, 0.3) is 11.0 Å². The first-order valence-electron chi connectivity index (χ1n) is 6.98. The fraction of sp³-hybridized carbons (Fsp3) is 0.467. The zero-order valence-electron chi connectivity index (χ0n) is 12.2. The first kappa shape index (κ1) is 15.8. The van der Waals surface area contributed by atoms with Gasteiger partial charge in [-0.15, -0.1) is 11.6 Å². The third-order valence-corrected chi connectivity index (χ3v) is 3.42. The lowest BCUT2D eigenvalue weighted by molar-refractivity contribution is -0.121. The summed E-state index contributed by atoms with van der Waals surface area (Å²) in [5, 5.41) is 2.86. The van der Waals surface area contributed by atoms with E-state index in [1.54, 1.807) is 10.6 Å². The predicted molar refractivity (Wildman–Crippen MR) is 81.7 cm³/mol. The van der Waals surface area contributed by atoms with Crippen molar-refractivity contribution in [1.82, 2.24) is 14.9 Å². The van der Waals surface area contributed by atoms with Gasteiger partial charge in [0, 0.05) is 19.5 Å². The lowest BCUT2D eigenvalue weighted by Gasteiger charge is -2.10. The summed E-state index contributed by atoms with van der Waals surface area (Å²) < 4.78 is 15.2. The maximum Gasteiger partial charge on any atom is 0.221 e. The van der Waals surface area contributed by atoms with Gasteiger partial charge in [-0.1, -0.05) is 13.8 Å². The molecule has 6 heteroatoms. The molecule has 0 aliphatic carbocycles. The Bertz CT molecular complexity index is 639. The van der Waals surface area contributed by atoms with Crippen molar-refractivity contribution in [2.24, 2.45) is 5.92 Å². The molecule has 2 rings (SSSR count). The summed E-state index contributed by atoms with van der Waals surface area (Å²) in [5.41, 5.74) is 1.36. The lowest BCUT2D eigenvalue weighted by atomic mass is 10.2. The Balaban J connectivity index is 2.13. The maximum absolute atomic E-state index is 13.4. The number of hydrogen-bond donors (Lipinski definition) is 1. The minimum atomic E-state index is -0.325. The number of benzene rings is 1. The van der Waals surface area contributed by atoms with E-state index in [1.807, 2.05) is 13.8 Å². The number of rotatable bonds is 6. The van der Waals surface area contributed by atoms with Crippen LogP contribution in [0.4, 0.5) is 4.39 Å². The molecule has 0 unspecified atom stereocenters. The van der Waals surface area contributed by atoms with Gasteiger partial charge in [-0.2, -0.15) is 0 Å². The number of fused-ring (bicyclic) bond motifs is 1. The van der Waals surface area contributed by atoms with E-state index >= 15 is 0 Å². The highest BCUT2D eigenvalue weighted by molar-refractivity contribution is 6.16. The highest BCUT2D eigenvalue weighted by Crippen LogP contribution is 2.19. The topological polar surface area (TPSA) is 46.9 Å². The highest BCUT2D eigenvalue weighted by Gasteiger charge is 2.12. The van der Waals surface area contributed by atoms with Crippen LogP contribution in [0.3, 0.4) is 0 Å². The van der Waals surface area contributed by atoms with Gasteiger partial charge in [0.15, 0.2) is 0 Å². The zero-order chi connectivity index (χ0) is 15.4. The summed E-state index contributed by atoms with van der Waals surface area (Å²) in [6.07, 6.45) is 0.318. The van der Waals surface area contributed by atoms with Crippen LogP contribution in [-0.2, 0) is 17.2 Å². The number of aromatic nitrogens is 2. The van der Waals surface area contributed by atoms with E-state index in [0.717, 1.165) is 0 Å². The lowest BCUT2D eigenvalue weighted by Crippen LogP contribution is -2.28. The van der Waals surface area contributed by atoms with Gasteiger partial charge in [0.2, 0.25) is 5.91 Å². The number of hydrogen-bond acceptors (Lipinski definition) is 2. The second-order valence-electron chi connectivity index (χ2n) is 5.39. The molecule has 1 aromatic heterocycles. The van der Waals surface area contributed by atoms with Crippen LogP contribution >= 0.6 is 11.6 Å². The van der Waals surface area contributed by atoms with E-state index in [-0.39, 0.29) is 17.6 Å². The largest absolute Gasteiger partial charge is 0.356 e. The van der Waals surface area contributed by atoms with E-state index in [1.165, 1.54) is 12.1 Å². The van der Waals surface area contributed by atoms with Crippen molar-refractivity contribution < 1.29 is 9.18 Å². The maximum atomic E-state index is 13.4. The summed E-state index contributed by atoms with van der Waals surface area (Å²) in [5.74, 6) is 0.935. The molecule has 0 radical (unpaired) electrons. The predicted octanol–water partition coefficient (Wildman–Crippen LogP) is 3.08. The standard InChI is InChI=1S/C15H19ClFN3O/c1-10(2)9-18-15(21)5-6-20-13-7-11(17)3-4-12(13)19-14(20)8-16/h3-4,7,10H,5-6,8-9H2,1-2H3,(H,18,21). The monoisotopic (exact) mass is 311 g/mol. The molecule has 1 heterocycles. The van der Waals surface area contributed by atoms with Gasteiger partial charge in [-0.25, -0.2) is 9.37 Å². The molecule has 1 N–H and O–H groups in total. The van der Waals surface area contributed by atoms with Crippen LogP contribution in [0, 0.1) is 11.7 Å².